The first-order chi connectivity index (χ1) is 7.24. The van der Waals surface area contributed by atoms with Crippen LogP contribution in [0.4, 0.5) is 0 Å². The van der Waals surface area contributed by atoms with Gasteiger partial charge in [0, 0.05) is 18.5 Å². The summed E-state index contributed by atoms with van der Waals surface area (Å²) >= 11 is 0. The quantitative estimate of drug-likeness (QED) is 0.598. The Balaban J connectivity index is 2.47. The molecule has 0 aromatic carbocycles. The number of hydrogen-bond acceptors (Lipinski definition) is 4. The van der Waals surface area contributed by atoms with Crippen molar-refractivity contribution in [3.8, 4) is 0 Å². The first kappa shape index (κ1) is 11.2. The van der Waals surface area contributed by atoms with Crippen LogP contribution in [0.15, 0.2) is 36.7 Å². The van der Waals surface area contributed by atoms with Crippen molar-refractivity contribution in [1.29, 1.82) is 0 Å². The van der Waals surface area contributed by atoms with Crippen LogP contribution in [-0.4, -0.2) is 18.1 Å². The van der Waals surface area contributed by atoms with Gasteiger partial charge in [-0.15, -0.1) is 0 Å². The third-order valence-corrected chi connectivity index (χ3v) is 1.90. The van der Waals surface area contributed by atoms with Gasteiger partial charge in [-0.25, -0.2) is 4.79 Å². The fraction of sp³-hybridized carbons (Fsp3) is 0.273. The molecule has 4 nitrogen and oxygen atoms in total. The summed E-state index contributed by atoms with van der Waals surface area (Å²) < 4.78 is 4.46. The van der Waals surface area contributed by atoms with Crippen molar-refractivity contribution in [1.82, 2.24) is 10.3 Å². The lowest BCUT2D eigenvalue weighted by Crippen LogP contribution is -2.13. The molecule has 80 valence electrons. The highest BCUT2D eigenvalue weighted by atomic mass is 16.5. The number of rotatable bonds is 4. The Hall–Kier alpha value is -1.84. The average molecular weight is 206 g/mol. The lowest BCUT2D eigenvalue weighted by atomic mass is 10.2. The van der Waals surface area contributed by atoms with E-state index in [1.54, 1.807) is 12.4 Å². The minimum Gasteiger partial charge on any atom is -0.466 e. The molecule has 1 heterocycles. The first-order valence-corrected chi connectivity index (χ1v) is 4.65. The summed E-state index contributed by atoms with van der Waals surface area (Å²) in [6.07, 6.45) is 4.63. The van der Waals surface area contributed by atoms with Crippen molar-refractivity contribution in [2.24, 2.45) is 0 Å². The molecule has 0 fully saturated rings. The maximum atomic E-state index is 10.8. The van der Waals surface area contributed by atoms with Crippen LogP contribution < -0.4 is 5.32 Å². The van der Waals surface area contributed by atoms with E-state index >= 15 is 0 Å². The van der Waals surface area contributed by atoms with Gasteiger partial charge in [-0.05, 0) is 19.1 Å². The van der Waals surface area contributed by atoms with Crippen LogP contribution in [0.1, 0.15) is 18.7 Å². The molecule has 0 aliphatic rings. The smallest absolute Gasteiger partial charge is 0.331 e. The number of carbonyl (C=O) groups excluding carboxylic acids is 1. The Bertz CT molecular complexity index is 336. The number of methoxy groups -OCH3 is 1. The van der Waals surface area contributed by atoms with Crippen LogP contribution in [0, 0.1) is 0 Å². The Kier molecular flexibility index (Phi) is 4.34. The zero-order chi connectivity index (χ0) is 11.1. The lowest BCUT2D eigenvalue weighted by Gasteiger charge is -2.10. The molecule has 0 spiro atoms. The molecule has 1 atom stereocenters. The zero-order valence-electron chi connectivity index (χ0n) is 8.81. The van der Waals surface area contributed by atoms with Crippen LogP contribution in [0.5, 0.6) is 0 Å². The molecule has 1 aromatic heterocycles. The number of pyridine rings is 1. The molecule has 15 heavy (non-hydrogen) atoms. The number of aromatic nitrogens is 1. The third-order valence-electron chi connectivity index (χ3n) is 1.90. The molecule has 0 aliphatic heterocycles. The largest absolute Gasteiger partial charge is 0.466 e. The van der Waals surface area contributed by atoms with Gasteiger partial charge in [0.15, 0.2) is 0 Å². The van der Waals surface area contributed by atoms with E-state index in [0.717, 1.165) is 5.69 Å². The van der Waals surface area contributed by atoms with Crippen LogP contribution >= 0.6 is 0 Å². The van der Waals surface area contributed by atoms with Crippen molar-refractivity contribution in [2.75, 3.05) is 7.11 Å². The number of nitrogens with zero attached hydrogens (tertiary/aromatic N) is 1. The Morgan fingerprint density at radius 1 is 1.60 bits per heavy atom. The van der Waals surface area contributed by atoms with E-state index in [1.807, 2.05) is 25.1 Å². The second-order valence-corrected chi connectivity index (χ2v) is 3.00. The summed E-state index contributed by atoms with van der Waals surface area (Å²) in [5, 5.41) is 3.02. The minimum atomic E-state index is -0.379. The summed E-state index contributed by atoms with van der Waals surface area (Å²) in [7, 11) is 1.34. The van der Waals surface area contributed by atoms with Gasteiger partial charge in [0.2, 0.25) is 0 Å². The highest BCUT2D eigenvalue weighted by Crippen LogP contribution is 2.06. The number of ether oxygens (including phenoxy) is 1. The van der Waals surface area contributed by atoms with Crippen LogP contribution in [-0.2, 0) is 9.53 Å². The van der Waals surface area contributed by atoms with Gasteiger partial charge in [0.1, 0.15) is 0 Å². The maximum absolute atomic E-state index is 10.8. The summed E-state index contributed by atoms with van der Waals surface area (Å²) in [5.74, 6) is -0.379. The second kappa shape index (κ2) is 5.80. The number of esters is 1. The van der Waals surface area contributed by atoms with Crippen molar-refractivity contribution in [2.45, 2.75) is 13.0 Å². The van der Waals surface area contributed by atoms with E-state index in [9.17, 15) is 4.79 Å². The van der Waals surface area contributed by atoms with Gasteiger partial charge >= 0.3 is 5.97 Å². The van der Waals surface area contributed by atoms with Gasteiger partial charge in [-0.2, -0.15) is 0 Å². The Morgan fingerprint density at radius 3 is 3.00 bits per heavy atom. The van der Waals surface area contributed by atoms with E-state index in [1.165, 1.54) is 13.2 Å². The molecule has 1 rings (SSSR count). The van der Waals surface area contributed by atoms with E-state index in [2.05, 4.69) is 15.0 Å². The normalized spacial score (nSPS) is 12.4. The van der Waals surface area contributed by atoms with Crippen LogP contribution in [0.3, 0.4) is 0 Å². The van der Waals surface area contributed by atoms with E-state index in [-0.39, 0.29) is 12.0 Å². The van der Waals surface area contributed by atoms with Crippen molar-refractivity contribution >= 4 is 5.97 Å². The molecule has 1 N–H and O–H groups in total. The Labute approximate surface area is 89.0 Å². The number of hydrogen-bond donors (Lipinski definition) is 1. The molecule has 0 radical (unpaired) electrons. The van der Waals surface area contributed by atoms with E-state index in [0.29, 0.717) is 0 Å². The standard InChI is InChI=1S/C11H14N2O2/c1-9(10-5-3-4-7-13-10)12-8-6-11(14)15-2/h3-9,12H,1-2H3/b8-6+/t9-/m0/s1. The molecule has 4 heteroatoms. The monoisotopic (exact) mass is 206 g/mol. The van der Waals surface area contributed by atoms with Gasteiger partial charge in [-0.3, -0.25) is 4.98 Å². The van der Waals surface area contributed by atoms with Crippen molar-refractivity contribution < 1.29 is 9.53 Å². The van der Waals surface area contributed by atoms with E-state index < -0.39 is 0 Å². The van der Waals surface area contributed by atoms with Crippen LogP contribution in [0.2, 0.25) is 0 Å². The highest BCUT2D eigenvalue weighted by Gasteiger charge is 2.02. The molecular weight excluding hydrogens is 192 g/mol. The minimum absolute atomic E-state index is 0.0621. The topological polar surface area (TPSA) is 51.2 Å². The van der Waals surface area contributed by atoms with Gasteiger partial charge < -0.3 is 10.1 Å². The first-order valence-electron chi connectivity index (χ1n) is 4.65. The highest BCUT2D eigenvalue weighted by molar-refractivity contribution is 5.81. The predicted octanol–water partition coefficient (Wildman–Crippen LogP) is 1.42. The molecule has 0 saturated carbocycles. The predicted molar refractivity (Wildman–Crippen MR) is 56.9 cm³/mol. The molecular formula is C11H14N2O2. The number of nitrogens with one attached hydrogen (secondary N) is 1. The average Bonchev–Trinajstić information content (AvgIpc) is 2.29. The van der Waals surface area contributed by atoms with Crippen LogP contribution in [0.25, 0.3) is 0 Å². The van der Waals surface area contributed by atoms with Crippen molar-refractivity contribution in [3.05, 3.63) is 42.4 Å². The fourth-order valence-corrected chi connectivity index (χ4v) is 1.05. The molecule has 0 unspecified atom stereocenters. The zero-order valence-corrected chi connectivity index (χ0v) is 8.81. The molecule has 1 aromatic rings. The Morgan fingerprint density at radius 2 is 2.40 bits per heavy atom. The molecule has 0 bridgehead atoms. The van der Waals surface area contributed by atoms with E-state index in [4.69, 9.17) is 0 Å². The summed E-state index contributed by atoms with van der Waals surface area (Å²) in [6, 6.07) is 5.77. The SMILES string of the molecule is COC(=O)/C=C/N[C@@H](C)c1ccccn1. The van der Waals surface area contributed by atoms with Gasteiger partial charge in [-0.1, -0.05) is 6.07 Å². The summed E-state index contributed by atoms with van der Waals surface area (Å²) in [6.45, 7) is 1.96. The van der Waals surface area contributed by atoms with Gasteiger partial charge in [0.05, 0.1) is 18.8 Å². The molecule has 0 amide bonds. The maximum Gasteiger partial charge on any atom is 0.331 e. The lowest BCUT2D eigenvalue weighted by molar-refractivity contribution is -0.134. The number of carbonyl (C=O) groups is 1. The summed E-state index contributed by atoms with van der Waals surface area (Å²) in [5.41, 5.74) is 0.923. The summed E-state index contributed by atoms with van der Waals surface area (Å²) in [4.78, 5) is 14.9. The molecule has 0 aliphatic carbocycles. The second-order valence-electron chi connectivity index (χ2n) is 3.00. The van der Waals surface area contributed by atoms with Crippen molar-refractivity contribution in [3.63, 3.8) is 0 Å². The fourth-order valence-electron chi connectivity index (χ4n) is 1.05. The molecule has 0 saturated heterocycles. The third kappa shape index (κ3) is 3.81. The van der Waals surface area contributed by atoms with Gasteiger partial charge in [0.25, 0.3) is 0 Å².